The lowest BCUT2D eigenvalue weighted by atomic mass is 10.1. The monoisotopic (exact) mass is 336 g/mol. The van der Waals surface area contributed by atoms with Crippen molar-refractivity contribution in [1.29, 1.82) is 0 Å². The Balaban J connectivity index is 1.93. The van der Waals surface area contributed by atoms with Gasteiger partial charge in [-0.1, -0.05) is 6.07 Å². The lowest BCUT2D eigenvalue weighted by Gasteiger charge is -2.07. The number of nitrogens with two attached hydrogens (primary N) is 1. The molecule has 0 aliphatic rings. The fourth-order valence-electron chi connectivity index (χ4n) is 1.94. The number of phenols is 2. The van der Waals surface area contributed by atoms with Gasteiger partial charge in [0, 0.05) is 12.1 Å². The van der Waals surface area contributed by atoms with E-state index in [9.17, 15) is 23.4 Å². The van der Waals surface area contributed by atoms with E-state index in [4.69, 9.17) is 5.14 Å². The van der Waals surface area contributed by atoms with Crippen LogP contribution in [0.1, 0.15) is 15.9 Å². The van der Waals surface area contributed by atoms with Crippen molar-refractivity contribution in [2.24, 2.45) is 5.14 Å². The highest BCUT2D eigenvalue weighted by molar-refractivity contribution is 7.89. The van der Waals surface area contributed by atoms with Gasteiger partial charge in [-0.05, 0) is 48.4 Å². The Hall–Kier alpha value is -2.58. The summed E-state index contributed by atoms with van der Waals surface area (Å²) >= 11 is 0. The molecule has 0 aliphatic carbocycles. The summed E-state index contributed by atoms with van der Waals surface area (Å²) in [6, 6.07) is 9.72. The van der Waals surface area contributed by atoms with Crippen LogP contribution in [0.2, 0.25) is 0 Å². The first-order valence-electron chi connectivity index (χ1n) is 6.69. The Morgan fingerprint density at radius 2 is 1.70 bits per heavy atom. The number of carbonyl (C=O) groups excluding carboxylic acids is 1. The van der Waals surface area contributed by atoms with Crippen LogP contribution in [0.4, 0.5) is 0 Å². The Morgan fingerprint density at radius 3 is 2.26 bits per heavy atom. The summed E-state index contributed by atoms with van der Waals surface area (Å²) in [6.45, 7) is 0.319. The third kappa shape index (κ3) is 4.44. The summed E-state index contributed by atoms with van der Waals surface area (Å²) in [7, 11) is -3.78. The predicted molar refractivity (Wildman–Crippen MR) is 83.6 cm³/mol. The molecule has 0 saturated heterocycles. The van der Waals surface area contributed by atoms with E-state index in [1.165, 1.54) is 36.4 Å². The molecule has 0 saturated carbocycles. The van der Waals surface area contributed by atoms with E-state index in [1.54, 1.807) is 6.07 Å². The number of hydrogen-bond acceptors (Lipinski definition) is 5. The van der Waals surface area contributed by atoms with Crippen molar-refractivity contribution in [1.82, 2.24) is 5.32 Å². The maximum absolute atomic E-state index is 11.9. The fourth-order valence-corrected chi connectivity index (χ4v) is 2.46. The van der Waals surface area contributed by atoms with Crippen LogP contribution in [0.15, 0.2) is 47.4 Å². The Bertz CT molecular complexity index is 816. The van der Waals surface area contributed by atoms with Gasteiger partial charge < -0.3 is 15.5 Å². The molecule has 0 bridgehead atoms. The molecular formula is C15H16N2O5S. The lowest BCUT2D eigenvalue weighted by molar-refractivity contribution is 0.0954. The van der Waals surface area contributed by atoms with Crippen molar-refractivity contribution in [3.63, 3.8) is 0 Å². The van der Waals surface area contributed by atoms with Gasteiger partial charge in [0.1, 0.15) is 0 Å². The number of hydrogen-bond donors (Lipinski definition) is 4. The van der Waals surface area contributed by atoms with Gasteiger partial charge in [-0.15, -0.1) is 0 Å². The summed E-state index contributed by atoms with van der Waals surface area (Å²) in [5.41, 5.74) is 1.07. The van der Waals surface area contributed by atoms with Gasteiger partial charge in [0.15, 0.2) is 11.5 Å². The first-order valence-corrected chi connectivity index (χ1v) is 8.24. The van der Waals surface area contributed by atoms with Crippen LogP contribution in [0.5, 0.6) is 11.5 Å². The molecule has 7 nitrogen and oxygen atoms in total. The molecule has 0 spiro atoms. The van der Waals surface area contributed by atoms with Crippen LogP contribution in [-0.4, -0.2) is 31.1 Å². The number of sulfonamides is 1. The minimum atomic E-state index is -3.78. The molecule has 122 valence electrons. The first-order chi connectivity index (χ1) is 10.8. The number of amides is 1. The van der Waals surface area contributed by atoms with Gasteiger partial charge in [-0.3, -0.25) is 4.79 Å². The summed E-state index contributed by atoms with van der Waals surface area (Å²) in [6.07, 6.45) is 0.467. The van der Waals surface area contributed by atoms with Gasteiger partial charge in [0.25, 0.3) is 5.91 Å². The third-order valence-corrected chi connectivity index (χ3v) is 4.11. The molecule has 1 amide bonds. The van der Waals surface area contributed by atoms with E-state index in [2.05, 4.69) is 5.32 Å². The van der Waals surface area contributed by atoms with E-state index in [1.807, 2.05) is 0 Å². The quantitative estimate of drug-likeness (QED) is 0.598. The van der Waals surface area contributed by atoms with Gasteiger partial charge >= 0.3 is 0 Å². The molecular weight excluding hydrogens is 320 g/mol. The van der Waals surface area contributed by atoms with E-state index >= 15 is 0 Å². The topological polar surface area (TPSA) is 130 Å². The average molecular weight is 336 g/mol. The number of nitrogens with one attached hydrogen (secondary N) is 1. The molecule has 0 radical (unpaired) electrons. The maximum atomic E-state index is 11.9. The standard InChI is InChI=1S/C15H16N2O5S/c16-23(21,22)12-4-2-11(3-5-12)15(20)17-8-7-10-1-6-13(18)14(19)9-10/h1-6,9,18-19H,7-8H2,(H,17,20)(H2,16,21,22). The molecule has 2 aromatic rings. The number of phenolic OH excluding ortho intramolecular Hbond substituents is 2. The lowest BCUT2D eigenvalue weighted by Crippen LogP contribution is -2.25. The van der Waals surface area contributed by atoms with Crippen molar-refractivity contribution in [3.8, 4) is 11.5 Å². The maximum Gasteiger partial charge on any atom is 0.251 e. The molecule has 2 rings (SSSR count). The van der Waals surface area contributed by atoms with Crippen molar-refractivity contribution in [3.05, 3.63) is 53.6 Å². The summed E-state index contributed by atoms with van der Waals surface area (Å²) < 4.78 is 22.3. The summed E-state index contributed by atoms with van der Waals surface area (Å²) in [5, 5.41) is 26.3. The van der Waals surface area contributed by atoms with E-state index in [0.29, 0.717) is 18.5 Å². The van der Waals surface area contributed by atoms with E-state index in [-0.39, 0.29) is 22.3 Å². The molecule has 0 atom stereocenters. The molecule has 0 aliphatic heterocycles. The Kier molecular flexibility index (Phi) is 4.87. The zero-order valence-electron chi connectivity index (χ0n) is 12.1. The van der Waals surface area contributed by atoms with Crippen molar-refractivity contribution >= 4 is 15.9 Å². The SMILES string of the molecule is NS(=O)(=O)c1ccc(C(=O)NCCc2ccc(O)c(O)c2)cc1. The second kappa shape index (κ2) is 6.67. The van der Waals surface area contributed by atoms with Crippen LogP contribution in [0.25, 0.3) is 0 Å². The number of aromatic hydroxyl groups is 2. The summed E-state index contributed by atoms with van der Waals surface area (Å²) in [4.78, 5) is 11.9. The van der Waals surface area contributed by atoms with Gasteiger partial charge in [0.2, 0.25) is 10.0 Å². The van der Waals surface area contributed by atoms with Crippen molar-refractivity contribution in [2.45, 2.75) is 11.3 Å². The number of carbonyl (C=O) groups is 1. The van der Waals surface area contributed by atoms with E-state index in [0.717, 1.165) is 5.56 Å². The highest BCUT2D eigenvalue weighted by atomic mass is 32.2. The highest BCUT2D eigenvalue weighted by Crippen LogP contribution is 2.24. The molecule has 0 heterocycles. The smallest absolute Gasteiger partial charge is 0.251 e. The van der Waals surface area contributed by atoms with Crippen molar-refractivity contribution in [2.75, 3.05) is 6.54 Å². The van der Waals surface area contributed by atoms with Crippen molar-refractivity contribution < 1.29 is 23.4 Å². The Labute approximate surface area is 133 Å². The minimum absolute atomic E-state index is 0.0615. The molecule has 0 aromatic heterocycles. The number of rotatable bonds is 5. The second-order valence-corrected chi connectivity index (χ2v) is 6.46. The Morgan fingerprint density at radius 1 is 1.04 bits per heavy atom. The molecule has 2 aromatic carbocycles. The van der Waals surface area contributed by atoms with Crippen LogP contribution in [-0.2, 0) is 16.4 Å². The molecule has 23 heavy (non-hydrogen) atoms. The molecule has 0 fully saturated rings. The van der Waals surface area contributed by atoms with Crippen LogP contribution in [0, 0.1) is 0 Å². The van der Waals surface area contributed by atoms with Crippen LogP contribution in [0.3, 0.4) is 0 Å². The van der Waals surface area contributed by atoms with Gasteiger partial charge in [-0.2, -0.15) is 0 Å². The zero-order chi connectivity index (χ0) is 17.0. The first kappa shape index (κ1) is 16.8. The third-order valence-electron chi connectivity index (χ3n) is 3.18. The van der Waals surface area contributed by atoms with Gasteiger partial charge in [-0.25, -0.2) is 13.6 Å². The fraction of sp³-hybridized carbons (Fsp3) is 0.133. The zero-order valence-corrected chi connectivity index (χ0v) is 12.9. The predicted octanol–water partition coefficient (Wildman–Crippen LogP) is 0.718. The van der Waals surface area contributed by atoms with Crippen LogP contribution < -0.4 is 10.5 Å². The average Bonchev–Trinajstić information content (AvgIpc) is 2.50. The van der Waals surface area contributed by atoms with E-state index < -0.39 is 10.0 Å². The normalized spacial score (nSPS) is 11.2. The second-order valence-electron chi connectivity index (χ2n) is 4.90. The largest absolute Gasteiger partial charge is 0.504 e. The molecule has 0 unspecified atom stereocenters. The summed E-state index contributed by atoms with van der Waals surface area (Å²) in [5.74, 6) is -0.769. The minimum Gasteiger partial charge on any atom is -0.504 e. The number of primary sulfonamides is 1. The highest BCUT2D eigenvalue weighted by Gasteiger charge is 2.10. The molecule has 8 heteroatoms. The molecule has 5 N–H and O–H groups in total. The van der Waals surface area contributed by atoms with Gasteiger partial charge in [0.05, 0.1) is 4.90 Å². The number of benzene rings is 2. The van der Waals surface area contributed by atoms with Crippen LogP contribution >= 0.6 is 0 Å².